The largest absolute Gasteiger partial charge is 0.488 e. The van der Waals surface area contributed by atoms with Crippen molar-refractivity contribution in [3.8, 4) is 5.75 Å². The molecule has 4 heteroatoms. The van der Waals surface area contributed by atoms with Crippen molar-refractivity contribution < 1.29 is 4.74 Å². The second-order valence-electron chi connectivity index (χ2n) is 4.45. The first kappa shape index (κ1) is 11.0. The van der Waals surface area contributed by atoms with Gasteiger partial charge in [-0.1, -0.05) is 18.2 Å². The first-order chi connectivity index (χ1) is 8.81. The van der Waals surface area contributed by atoms with Gasteiger partial charge in [0.15, 0.2) is 0 Å². The van der Waals surface area contributed by atoms with Gasteiger partial charge in [0.25, 0.3) is 0 Å². The molecule has 0 fully saturated rings. The lowest BCUT2D eigenvalue weighted by atomic mass is 10.1. The maximum Gasteiger partial charge on any atom is 0.222 e. The third-order valence-electron chi connectivity index (χ3n) is 3.00. The van der Waals surface area contributed by atoms with Crippen LogP contribution in [0.1, 0.15) is 11.3 Å². The molecule has 0 bridgehead atoms. The summed E-state index contributed by atoms with van der Waals surface area (Å²) in [6, 6.07) is 10.0. The second kappa shape index (κ2) is 4.64. The van der Waals surface area contributed by atoms with Crippen molar-refractivity contribution in [2.45, 2.75) is 19.4 Å². The van der Waals surface area contributed by atoms with Gasteiger partial charge in [0, 0.05) is 18.3 Å². The van der Waals surface area contributed by atoms with Crippen molar-refractivity contribution in [3.05, 3.63) is 47.8 Å². The Kier molecular flexibility index (Phi) is 2.84. The summed E-state index contributed by atoms with van der Waals surface area (Å²) in [7, 11) is 0. The topological polar surface area (TPSA) is 47.0 Å². The average molecular weight is 241 g/mol. The molecule has 2 aromatic rings. The maximum absolute atomic E-state index is 5.84. The van der Waals surface area contributed by atoms with Gasteiger partial charge < -0.3 is 10.1 Å². The van der Waals surface area contributed by atoms with Crippen LogP contribution in [-0.4, -0.2) is 22.6 Å². The van der Waals surface area contributed by atoms with E-state index in [0.717, 1.165) is 24.4 Å². The first-order valence-electron chi connectivity index (χ1n) is 6.09. The molecule has 1 atom stereocenters. The van der Waals surface area contributed by atoms with Crippen molar-refractivity contribution in [3.63, 3.8) is 0 Å². The van der Waals surface area contributed by atoms with Gasteiger partial charge in [0.05, 0.1) is 6.54 Å². The molecule has 0 spiro atoms. The number of benzene rings is 1. The molecule has 0 saturated carbocycles. The minimum atomic E-state index is 0.159. The predicted octanol–water partition coefficient (Wildman–Crippen LogP) is 2.20. The van der Waals surface area contributed by atoms with Crippen LogP contribution in [0.15, 0.2) is 36.5 Å². The lowest BCUT2D eigenvalue weighted by molar-refractivity contribution is 0.246. The molecule has 4 nitrogen and oxygen atoms in total. The predicted molar refractivity (Wildman–Crippen MR) is 69.8 cm³/mol. The number of hydrogen-bond donors (Lipinski definition) is 1. The van der Waals surface area contributed by atoms with Crippen LogP contribution in [0.3, 0.4) is 0 Å². The fourth-order valence-electron chi connectivity index (χ4n) is 2.11. The number of fused-ring (bicyclic) bond motifs is 1. The molecular formula is C14H15N3O. The van der Waals surface area contributed by atoms with Gasteiger partial charge in [-0.05, 0) is 24.6 Å². The normalized spacial score (nSPS) is 17.1. The number of anilines is 1. The standard InChI is InChI=1S/C14H15N3O/c1-10-6-7-15-14(17-10)16-9-12-8-11-4-2-3-5-13(11)18-12/h2-7,12H,8-9H2,1H3,(H,15,16,17). The van der Waals surface area contributed by atoms with Gasteiger partial charge in [-0.25, -0.2) is 9.97 Å². The van der Waals surface area contributed by atoms with E-state index >= 15 is 0 Å². The van der Waals surface area contributed by atoms with Crippen LogP contribution in [-0.2, 0) is 6.42 Å². The summed E-state index contributed by atoms with van der Waals surface area (Å²) >= 11 is 0. The van der Waals surface area contributed by atoms with Crippen LogP contribution >= 0.6 is 0 Å². The van der Waals surface area contributed by atoms with Crippen LogP contribution in [0, 0.1) is 6.92 Å². The molecule has 0 radical (unpaired) electrons. The summed E-state index contributed by atoms with van der Waals surface area (Å²) in [5, 5.41) is 3.22. The number of para-hydroxylation sites is 1. The Hall–Kier alpha value is -2.10. The summed E-state index contributed by atoms with van der Waals surface area (Å²) in [6.07, 6.45) is 2.86. The van der Waals surface area contributed by atoms with Crippen molar-refractivity contribution in [2.24, 2.45) is 0 Å². The van der Waals surface area contributed by atoms with Gasteiger partial charge in [0.2, 0.25) is 5.95 Å². The van der Waals surface area contributed by atoms with Crippen molar-refractivity contribution >= 4 is 5.95 Å². The number of aryl methyl sites for hydroxylation is 1. The molecule has 2 heterocycles. The molecule has 92 valence electrons. The summed E-state index contributed by atoms with van der Waals surface area (Å²) < 4.78 is 5.84. The third-order valence-corrected chi connectivity index (χ3v) is 3.00. The van der Waals surface area contributed by atoms with E-state index in [1.165, 1.54) is 5.56 Å². The Morgan fingerprint density at radius 2 is 2.22 bits per heavy atom. The molecule has 1 aliphatic rings. The van der Waals surface area contributed by atoms with Gasteiger partial charge in [-0.15, -0.1) is 0 Å². The van der Waals surface area contributed by atoms with Gasteiger partial charge in [-0.3, -0.25) is 0 Å². The van der Waals surface area contributed by atoms with E-state index in [0.29, 0.717) is 5.95 Å². The number of nitrogens with zero attached hydrogens (tertiary/aromatic N) is 2. The molecule has 3 rings (SSSR count). The van der Waals surface area contributed by atoms with E-state index in [2.05, 4.69) is 21.4 Å². The van der Waals surface area contributed by atoms with Crippen LogP contribution in [0.5, 0.6) is 5.75 Å². The zero-order chi connectivity index (χ0) is 12.4. The molecule has 0 saturated heterocycles. The summed E-state index contributed by atoms with van der Waals surface area (Å²) in [4.78, 5) is 8.48. The summed E-state index contributed by atoms with van der Waals surface area (Å²) in [5.74, 6) is 1.66. The first-order valence-corrected chi connectivity index (χ1v) is 6.09. The molecule has 1 unspecified atom stereocenters. The average Bonchev–Trinajstić information content (AvgIpc) is 2.79. The Morgan fingerprint density at radius 1 is 1.33 bits per heavy atom. The molecule has 1 aromatic heterocycles. The quantitative estimate of drug-likeness (QED) is 0.895. The van der Waals surface area contributed by atoms with E-state index in [9.17, 15) is 0 Å². The molecule has 1 aromatic carbocycles. The molecule has 18 heavy (non-hydrogen) atoms. The Balaban J connectivity index is 1.60. The minimum absolute atomic E-state index is 0.159. The van der Waals surface area contributed by atoms with Gasteiger partial charge in [-0.2, -0.15) is 0 Å². The lowest BCUT2D eigenvalue weighted by Crippen LogP contribution is -2.24. The summed E-state index contributed by atoms with van der Waals surface area (Å²) in [5.41, 5.74) is 2.23. The molecule has 1 aliphatic heterocycles. The van der Waals surface area contributed by atoms with Gasteiger partial charge in [0.1, 0.15) is 11.9 Å². The van der Waals surface area contributed by atoms with E-state index < -0.39 is 0 Å². The molecule has 0 aliphatic carbocycles. The van der Waals surface area contributed by atoms with Crippen molar-refractivity contribution in [1.82, 2.24) is 9.97 Å². The number of rotatable bonds is 3. The molecule has 0 amide bonds. The number of nitrogens with one attached hydrogen (secondary N) is 1. The highest BCUT2D eigenvalue weighted by molar-refractivity contribution is 5.38. The van der Waals surface area contributed by atoms with Crippen molar-refractivity contribution in [1.29, 1.82) is 0 Å². The van der Waals surface area contributed by atoms with Crippen molar-refractivity contribution in [2.75, 3.05) is 11.9 Å². The lowest BCUT2D eigenvalue weighted by Gasteiger charge is -2.11. The summed E-state index contributed by atoms with van der Waals surface area (Å²) in [6.45, 7) is 2.67. The zero-order valence-corrected chi connectivity index (χ0v) is 10.3. The van der Waals surface area contributed by atoms with Crippen LogP contribution in [0.25, 0.3) is 0 Å². The highest BCUT2D eigenvalue weighted by Crippen LogP contribution is 2.27. The van der Waals surface area contributed by atoms with Crippen LogP contribution < -0.4 is 10.1 Å². The highest BCUT2D eigenvalue weighted by atomic mass is 16.5. The van der Waals surface area contributed by atoms with Crippen LogP contribution in [0.2, 0.25) is 0 Å². The SMILES string of the molecule is Cc1ccnc(NCC2Cc3ccccc3O2)n1. The smallest absolute Gasteiger partial charge is 0.222 e. The molecular weight excluding hydrogens is 226 g/mol. The Labute approximate surface area is 106 Å². The van der Waals surface area contributed by atoms with Crippen LogP contribution in [0.4, 0.5) is 5.95 Å². The zero-order valence-electron chi connectivity index (χ0n) is 10.3. The highest BCUT2D eigenvalue weighted by Gasteiger charge is 2.21. The maximum atomic E-state index is 5.84. The Bertz CT molecular complexity index is 531. The minimum Gasteiger partial charge on any atom is -0.488 e. The monoisotopic (exact) mass is 241 g/mol. The third kappa shape index (κ3) is 2.27. The molecule has 1 N–H and O–H groups in total. The van der Waals surface area contributed by atoms with E-state index in [1.807, 2.05) is 31.2 Å². The van der Waals surface area contributed by atoms with E-state index in [4.69, 9.17) is 4.74 Å². The van der Waals surface area contributed by atoms with E-state index in [-0.39, 0.29) is 6.10 Å². The van der Waals surface area contributed by atoms with E-state index in [1.54, 1.807) is 6.20 Å². The number of aromatic nitrogens is 2. The fourth-order valence-corrected chi connectivity index (χ4v) is 2.11. The Morgan fingerprint density at radius 3 is 3.06 bits per heavy atom. The number of hydrogen-bond acceptors (Lipinski definition) is 4. The second-order valence-corrected chi connectivity index (χ2v) is 4.45. The van der Waals surface area contributed by atoms with Gasteiger partial charge >= 0.3 is 0 Å². The fraction of sp³-hybridized carbons (Fsp3) is 0.286. The number of ether oxygens (including phenoxy) is 1.